The number of benzene rings is 1. The van der Waals surface area contributed by atoms with E-state index in [0.717, 1.165) is 18.5 Å². The predicted molar refractivity (Wildman–Crippen MR) is 90.7 cm³/mol. The van der Waals surface area contributed by atoms with Crippen molar-refractivity contribution in [3.8, 4) is 0 Å². The highest BCUT2D eigenvalue weighted by Gasteiger charge is 2.17. The first-order chi connectivity index (χ1) is 11.8. The minimum Gasteiger partial charge on any atom is -0.351 e. The van der Waals surface area contributed by atoms with Crippen molar-refractivity contribution in [3.05, 3.63) is 42.5 Å². The van der Waals surface area contributed by atoms with Gasteiger partial charge in [0, 0.05) is 24.1 Å². The minimum atomic E-state index is -0.281. The third kappa shape index (κ3) is 3.10. The number of hydrogen-bond acceptors (Lipinski definition) is 6. The molecule has 3 aromatic rings. The van der Waals surface area contributed by atoms with Gasteiger partial charge in [-0.1, -0.05) is 12.8 Å². The molecule has 1 aliphatic carbocycles. The number of halogens is 1. The highest BCUT2D eigenvalue weighted by molar-refractivity contribution is 5.85. The van der Waals surface area contributed by atoms with Crippen molar-refractivity contribution in [2.45, 2.75) is 31.7 Å². The van der Waals surface area contributed by atoms with E-state index in [2.05, 4.69) is 30.6 Å². The number of nitrogens with one attached hydrogen (secondary N) is 2. The van der Waals surface area contributed by atoms with E-state index < -0.39 is 0 Å². The van der Waals surface area contributed by atoms with Crippen molar-refractivity contribution in [3.63, 3.8) is 0 Å². The molecular formula is C17H17FN6. The molecular weight excluding hydrogens is 307 g/mol. The second-order valence-corrected chi connectivity index (χ2v) is 5.88. The SMILES string of the molecule is Fc1ccc(Nc2nc(NC3CCCC3)nc3nccnc23)cc1. The van der Waals surface area contributed by atoms with E-state index in [-0.39, 0.29) is 5.82 Å². The molecule has 2 N–H and O–H groups in total. The molecule has 1 fully saturated rings. The van der Waals surface area contributed by atoms with Gasteiger partial charge in [-0.25, -0.2) is 14.4 Å². The normalized spacial score (nSPS) is 14.9. The summed E-state index contributed by atoms with van der Waals surface area (Å²) < 4.78 is 13.1. The summed E-state index contributed by atoms with van der Waals surface area (Å²) in [6.45, 7) is 0. The quantitative estimate of drug-likeness (QED) is 0.763. The minimum absolute atomic E-state index is 0.281. The van der Waals surface area contributed by atoms with Gasteiger partial charge in [-0.05, 0) is 37.1 Å². The molecule has 6 nitrogen and oxygen atoms in total. The molecule has 0 radical (unpaired) electrons. The van der Waals surface area contributed by atoms with Crippen LogP contribution in [0.25, 0.3) is 11.2 Å². The summed E-state index contributed by atoms with van der Waals surface area (Å²) in [6, 6.07) is 6.51. The molecule has 2 heterocycles. The van der Waals surface area contributed by atoms with Crippen LogP contribution in [0.15, 0.2) is 36.7 Å². The maximum absolute atomic E-state index is 13.1. The maximum Gasteiger partial charge on any atom is 0.227 e. The Balaban J connectivity index is 1.69. The summed E-state index contributed by atoms with van der Waals surface area (Å²) in [6.07, 6.45) is 7.92. The van der Waals surface area contributed by atoms with Crippen LogP contribution in [-0.2, 0) is 0 Å². The monoisotopic (exact) mass is 324 g/mol. The molecule has 0 spiro atoms. The fourth-order valence-electron chi connectivity index (χ4n) is 2.94. The van der Waals surface area contributed by atoms with Crippen LogP contribution in [0.4, 0.5) is 21.8 Å². The molecule has 24 heavy (non-hydrogen) atoms. The van der Waals surface area contributed by atoms with Crippen LogP contribution < -0.4 is 10.6 Å². The van der Waals surface area contributed by atoms with Crippen molar-refractivity contribution in [1.29, 1.82) is 0 Å². The summed E-state index contributed by atoms with van der Waals surface area (Å²) in [5, 5.41) is 6.56. The average molecular weight is 324 g/mol. The summed E-state index contributed by atoms with van der Waals surface area (Å²) >= 11 is 0. The van der Waals surface area contributed by atoms with E-state index in [1.54, 1.807) is 24.5 Å². The van der Waals surface area contributed by atoms with Crippen LogP contribution in [0.2, 0.25) is 0 Å². The van der Waals surface area contributed by atoms with Crippen molar-refractivity contribution in [2.24, 2.45) is 0 Å². The highest BCUT2D eigenvalue weighted by Crippen LogP contribution is 2.25. The average Bonchev–Trinajstić information content (AvgIpc) is 3.10. The number of hydrogen-bond donors (Lipinski definition) is 2. The Hall–Kier alpha value is -2.83. The van der Waals surface area contributed by atoms with E-state index in [1.165, 1.54) is 25.0 Å². The maximum atomic E-state index is 13.1. The molecule has 7 heteroatoms. The van der Waals surface area contributed by atoms with Crippen LogP contribution in [-0.4, -0.2) is 26.0 Å². The second-order valence-electron chi connectivity index (χ2n) is 5.88. The molecule has 0 saturated heterocycles. The lowest BCUT2D eigenvalue weighted by Crippen LogP contribution is -2.17. The van der Waals surface area contributed by atoms with Gasteiger partial charge in [0.2, 0.25) is 5.95 Å². The van der Waals surface area contributed by atoms with E-state index >= 15 is 0 Å². The van der Waals surface area contributed by atoms with Gasteiger partial charge in [0.15, 0.2) is 17.0 Å². The fourth-order valence-corrected chi connectivity index (χ4v) is 2.94. The van der Waals surface area contributed by atoms with Gasteiger partial charge in [-0.2, -0.15) is 9.97 Å². The Morgan fingerprint density at radius 1 is 0.958 bits per heavy atom. The zero-order chi connectivity index (χ0) is 16.4. The molecule has 1 aliphatic rings. The van der Waals surface area contributed by atoms with E-state index in [4.69, 9.17) is 0 Å². The lowest BCUT2D eigenvalue weighted by molar-refractivity contribution is 0.628. The number of aromatic nitrogens is 4. The predicted octanol–water partition coefficient (Wildman–Crippen LogP) is 3.66. The molecule has 0 atom stereocenters. The van der Waals surface area contributed by atoms with Crippen LogP contribution in [0.5, 0.6) is 0 Å². The smallest absolute Gasteiger partial charge is 0.227 e. The highest BCUT2D eigenvalue weighted by atomic mass is 19.1. The fraction of sp³-hybridized carbons (Fsp3) is 0.294. The molecule has 0 bridgehead atoms. The molecule has 1 aromatic carbocycles. The molecule has 2 aromatic heterocycles. The van der Waals surface area contributed by atoms with Crippen LogP contribution in [0.1, 0.15) is 25.7 Å². The molecule has 0 aliphatic heterocycles. The number of rotatable bonds is 4. The Bertz CT molecular complexity index is 845. The van der Waals surface area contributed by atoms with Crippen molar-refractivity contribution >= 4 is 28.6 Å². The third-order valence-corrected chi connectivity index (χ3v) is 4.13. The number of anilines is 3. The standard InChI is InChI=1S/C17H17FN6/c18-11-5-7-13(8-6-11)21-16-14-15(20-10-9-19-14)23-17(24-16)22-12-3-1-2-4-12/h5-10,12H,1-4H2,(H2,20,21,22,23,24). The van der Waals surface area contributed by atoms with Gasteiger partial charge in [0.1, 0.15) is 5.82 Å². The summed E-state index contributed by atoms with van der Waals surface area (Å²) in [7, 11) is 0. The van der Waals surface area contributed by atoms with Crippen molar-refractivity contribution < 1.29 is 4.39 Å². The van der Waals surface area contributed by atoms with Gasteiger partial charge < -0.3 is 10.6 Å². The van der Waals surface area contributed by atoms with Crippen LogP contribution in [0.3, 0.4) is 0 Å². The third-order valence-electron chi connectivity index (χ3n) is 4.13. The van der Waals surface area contributed by atoms with Gasteiger partial charge in [0.25, 0.3) is 0 Å². The summed E-state index contributed by atoms with van der Waals surface area (Å²) in [4.78, 5) is 17.6. The van der Waals surface area contributed by atoms with E-state index in [1.807, 2.05) is 0 Å². The zero-order valence-corrected chi connectivity index (χ0v) is 13.0. The van der Waals surface area contributed by atoms with Gasteiger partial charge in [0.05, 0.1) is 0 Å². The van der Waals surface area contributed by atoms with Crippen LogP contribution in [0, 0.1) is 5.82 Å². The summed E-state index contributed by atoms with van der Waals surface area (Å²) in [5.41, 5.74) is 1.84. The first-order valence-corrected chi connectivity index (χ1v) is 8.06. The van der Waals surface area contributed by atoms with E-state index in [0.29, 0.717) is 29.0 Å². The van der Waals surface area contributed by atoms with Crippen molar-refractivity contribution in [2.75, 3.05) is 10.6 Å². The lowest BCUT2D eigenvalue weighted by Gasteiger charge is -2.14. The Kier molecular flexibility index (Phi) is 3.90. The first-order valence-electron chi connectivity index (χ1n) is 8.06. The summed E-state index contributed by atoms with van der Waals surface area (Å²) in [5.74, 6) is 0.816. The topological polar surface area (TPSA) is 75.6 Å². The molecule has 122 valence electrons. The second kappa shape index (κ2) is 6.35. The Morgan fingerprint density at radius 3 is 2.50 bits per heavy atom. The molecule has 0 amide bonds. The number of nitrogens with zero attached hydrogens (tertiary/aromatic N) is 4. The van der Waals surface area contributed by atoms with Gasteiger partial charge in [-0.15, -0.1) is 0 Å². The first kappa shape index (κ1) is 14.7. The van der Waals surface area contributed by atoms with Gasteiger partial charge >= 0.3 is 0 Å². The molecule has 1 saturated carbocycles. The number of fused-ring (bicyclic) bond motifs is 1. The Morgan fingerprint density at radius 2 is 1.71 bits per heavy atom. The molecule has 0 unspecified atom stereocenters. The zero-order valence-electron chi connectivity index (χ0n) is 13.0. The van der Waals surface area contributed by atoms with E-state index in [9.17, 15) is 4.39 Å². The molecule has 4 rings (SSSR count). The Labute approximate surface area is 138 Å². The van der Waals surface area contributed by atoms with Gasteiger partial charge in [-0.3, -0.25) is 0 Å². The van der Waals surface area contributed by atoms with Crippen LogP contribution >= 0.6 is 0 Å². The largest absolute Gasteiger partial charge is 0.351 e. The lowest BCUT2D eigenvalue weighted by atomic mass is 10.2. The van der Waals surface area contributed by atoms with Crippen molar-refractivity contribution in [1.82, 2.24) is 19.9 Å².